The van der Waals surface area contributed by atoms with Gasteiger partial charge in [0.15, 0.2) is 0 Å². The van der Waals surface area contributed by atoms with Gasteiger partial charge in [0.2, 0.25) is 15.9 Å². The number of fused-ring (bicyclic) bond motifs is 1. The number of carbonyl (C=O) groups is 1. The van der Waals surface area contributed by atoms with Crippen molar-refractivity contribution in [3.8, 4) is 0 Å². The highest BCUT2D eigenvalue weighted by molar-refractivity contribution is 7.89. The summed E-state index contributed by atoms with van der Waals surface area (Å²) in [4.78, 5) is 15.8. The number of halogens is 1. The number of carbonyl (C=O) groups excluding carboxylic acids is 1. The highest BCUT2D eigenvalue weighted by Crippen LogP contribution is 2.47. The number of hydrogen-bond donors (Lipinski definition) is 4. The molecule has 1 aliphatic carbocycles. The second-order valence-corrected chi connectivity index (χ2v) is 10.9. The number of hydrogen-bond acceptors (Lipinski definition) is 4. The van der Waals surface area contributed by atoms with Crippen LogP contribution in [0, 0.1) is 11.2 Å². The highest BCUT2D eigenvalue weighted by Gasteiger charge is 2.45. The van der Waals surface area contributed by atoms with Crippen molar-refractivity contribution in [1.29, 1.82) is 0 Å². The lowest BCUT2D eigenvalue weighted by Gasteiger charge is -2.42. The summed E-state index contributed by atoms with van der Waals surface area (Å²) in [7, 11) is -3.77. The fourth-order valence-corrected chi connectivity index (χ4v) is 6.42. The third-order valence-electron chi connectivity index (χ3n) is 7.23. The molecule has 1 fully saturated rings. The summed E-state index contributed by atoms with van der Waals surface area (Å²) in [5.74, 6) is -0.975. The largest absolute Gasteiger partial charge is 0.396 e. The standard InChI is InChI=1S/C25H30FN3O4S/c1-16(17-2-5-19(26)6-3-17)25(24(27)31)11-8-20(9-12-25)29-34(32,33)22-7-4-18-14-21(10-13-30)28-23(18)15-22/h2-7,14-16,20,28-30H,8-13H2,1H3,(H2,27,31)/t16-,20?,25?/m1/s1. The zero-order valence-electron chi connectivity index (χ0n) is 19.1. The lowest BCUT2D eigenvalue weighted by molar-refractivity contribution is -0.131. The van der Waals surface area contributed by atoms with Crippen LogP contribution in [0.25, 0.3) is 10.9 Å². The molecule has 1 heterocycles. The Bertz CT molecular complexity index is 1280. The molecule has 1 amide bonds. The van der Waals surface area contributed by atoms with E-state index in [0.717, 1.165) is 16.6 Å². The first-order chi connectivity index (χ1) is 16.1. The van der Waals surface area contributed by atoms with Gasteiger partial charge in [-0.3, -0.25) is 4.79 Å². The molecule has 1 aromatic heterocycles. The van der Waals surface area contributed by atoms with Gasteiger partial charge in [-0.1, -0.05) is 25.1 Å². The number of aromatic amines is 1. The topological polar surface area (TPSA) is 125 Å². The summed E-state index contributed by atoms with van der Waals surface area (Å²) in [5, 5.41) is 10.00. The van der Waals surface area contributed by atoms with E-state index < -0.39 is 21.3 Å². The molecular weight excluding hydrogens is 457 g/mol. The molecule has 2 aromatic carbocycles. The maximum Gasteiger partial charge on any atom is 0.240 e. The van der Waals surface area contributed by atoms with Crippen molar-refractivity contribution in [2.24, 2.45) is 11.1 Å². The minimum atomic E-state index is -3.77. The average molecular weight is 488 g/mol. The van der Waals surface area contributed by atoms with E-state index in [9.17, 15) is 17.6 Å². The zero-order valence-corrected chi connectivity index (χ0v) is 19.9. The van der Waals surface area contributed by atoms with E-state index in [1.54, 1.807) is 30.3 Å². The third kappa shape index (κ3) is 4.73. The van der Waals surface area contributed by atoms with Gasteiger partial charge in [0, 0.05) is 30.3 Å². The number of primary amides is 1. The van der Waals surface area contributed by atoms with E-state index in [-0.39, 0.29) is 29.3 Å². The average Bonchev–Trinajstić information content (AvgIpc) is 3.21. The number of aliphatic hydroxyl groups excluding tert-OH is 1. The second-order valence-electron chi connectivity index (χ2n) is 9.21. The highest BCUT2D eigenvalue weighted by atomic mass is 32.2. The summed E-state index contributed by atoms with van der Waals surface area (Å²) in [6, 6.07) is 12.5. The Kier molecular flexibility index (Phi) is 6.80. The molecule has 0 aliphatic heterocycles. The minimum Gasteiger partial charge on any atom is -0.396 e. The molecule has 4 rings (SSSR count). The SMILES string of the molecule is C[C@H](c1ccc(F)cc1)C1(C(N)=O)CCC(NS(=O)(=O)c2ccc3cc(CCO)[nH]c3c2)CC1. The summed E-state index contributed by atoms with van der Waals surface area (Å²) in [6.45, 7) is 1.92. The molecule has 1 atom stereocenters. The van der Waals surface area contributed by atoms with Crippen LogP contribution in [-0.2, 0) is 21.2 Å². The van der Waals surface area contributed by atoms with E-state index in [1.807, 2.05) is 13.0 Å². The Hall–Kier alpha value is -2.75. The summed E-state index contributed by atoms with van der Waals surface area (Å²) in [6.07, 6.45) is 2.29. The third-order valence-corrected chi connectivity index (χ3v) is 8.75. The van der Waals surface area contributed by atoms with E-state index in [4.69, 9.17) is 10.8 Å². The molecule has 9 heteroatoms. The van der Waals surface area contributed by atoms with Crippen LogP contribution in [0.1, 0.15) is 49.8 Å². The molecule has 0 bridgehead atoms. The van der Waals surface area contributed by atoms with E-state index in [1.165, 1.54) is 12.1 Å². The van der Waals surface area contributed by atoms with E-state index in [0.29, 0.717) is 37.6 Å². The zero-order chi connectivity index (χ0) is 24.5. The van der Waals surface area contributed by atoms with E-state index in [2.05, 4.69) is 9.71 Å². The lowest BCUT2D eigenvalue weighted by Crippen LogP contribution is -2.48. The van der Waals surface area contributed by atoms with Crippen molar-refractivity contribution in [3.63, 3.8) is 0 Å². The molecule has 0 unspecified atom stereocenters. The van der Waals surface area contributed by atoms with Crippen molar-refractivity contribution in [1.82, 2.24) is 9.71 Å². The van der Waals surface area contributed by atoms with Crippen molar-refractivity contribution in [2.75, 3.05) is 6.61 Å². The molecule has 5 N–H and O–H groups in total. The number of nitrogens with two attached hydrogens (primary N) is 1. The van der Waals surface area contributed by atoms with Crippen LogP contribution >= 0.6 is 0 Å². The number of amides is 1. The van der Waals surface area contributed by atoms with Crippen LogP contribution in [0.3, 0.4) is 0 Å². The summed E-state index contributed by atoms with van der Waals surface area (Å²) in [5.41, 5.74) is 7.39. The van der Waals surface area contributed by atoms with Gasteiger partial charge in [0.05, 0.1) is 10.3 Å². The van der Waals surface area contributed by atoms with Crippen LogP contribution in [0.5, 0.6) is 0 Å². The first-order valence-electron chi connectivity index (χ1n) is 11.4. The minimum absolute atomic E-state index is 0.00772. The molecule has 0 spiro atoms. The smallest absolute Gasteiger partial charge is 0.240 e. The Morgan fingerprint density at radius 2 is 1.88 bits per heavy atom. The Balaban J connectivity index is 1.48. The number of aliphatic hydroxyl groups is 1. The number of nitrogens with one attached hydrogen (secondary N) is 2. The van der Waals surface area contributed by atoms with Crippen molar-refractivity contribution in [3.05, 3.63) is 65.6 Å². The van der Waals surface area contributed by atoms with Gasteiger partial charge in [-0.05, 0) is 72.9 Å². The molecule has 1 aliphatic rings. The molecule has 0 radical (unpaired) electrons. The number of rotatable bonds is 8. The molecule has 34 heavy (non-hydrogen) atoms. The molecule has 7 nitrogen and oxygen atoms in total. The quantitative estimate of drug-likeness (QED) is 0.389. The predicted octanol–water partition coefficient (Wildman–Crippen LogP) is 3.34. The monoisotopic (exact) mass is 487 g/mol. The van der Waals surface area contributed by atoms with Gasteiger partial charge in [-0.25, -0.2) is 17.5 Å². The molecule has 0 saturated heterocycles. The molecule has 182 valence electrons. The maximum atomic E-state index is 13.3. The number of H-pyrrole nitrogens is 1. The van der Waals surface area contributed by atoms with Crippen LogP contribution in [-0.4, -0.2) is 37.1 Å². The van der Waals surface area contributed by atoms with Gasteiger partial charge in [0.25, 0.3) is 0 Å². The van der Waals surface area contributed by atoms with Gasteiger partial charge >= 0.3 is 0 Å². The first-order valence-corrected chi connectivity index (χ1v) is 12.9. The van der Waals surface area contributed by atoms with Crippen molar-refractivity contribution < 1.29 is 22.7 Å². The predicted molar refractivity (Wildman–Crippen MR) is 128 cm³/mol. The Morgan fingerprint density at radius 3 is 2.50 bits per heavy atom. The second kappa shape index (κ2) is 9.48. The van der Waals surface area contributed by atoms with Gasteiger partial charge in [-0.2, -0.15) is 0 Å². The Morgan fingerprint density at radius 1 is 1.21 bits per heavy atom. The summed E-state index contributed by atoms with van der Waals surface area (Å²) >= 11 is 0. The van der Waals surface area contributed by atoms with E-state index >= 15 is 0 Å². The summed E-state index contributed by atoms with van der Waals surface area (Å²) < 4.78 is 42.3. The van der Waals surface area contributed by atoms with Crippen molar-refractivity contribution in [2.45, 2.75) is 55.9 Å². The van der Waals surface area contributed by atoms with Gasteiger partial charge in [0.1, 0.15) is 5.82 Å². The van der Waals surface area contributed by atoms with Gasteiger partial charge in [-0.15, -0.1) is 0 Å². The number of sulfonamides is 1. The van der Waals surface area contributed by atoms with Gasteiger partial charge < -0.3 is 15.8 Å². The Labute approximate surface area is 198 Å². The number of benzene rings is 2. The fraction of sp³-hybridized carbons (Fsp3) is 0.400. The first kappa shape index (κ1) is 24.4. The molecule has 1 saturated carbocycles. The molecule has 3 aromatic rings. The van der Waals surface area contributed by atoms with Crippen LogP contribution in [0.2, 0.25) is 0 Å². The normalized spacial score (nSPS) is 22.0. The number of aromatic nitrogens is 1. The molecular formula is C25H30FN3O4S. The lowest BCUT2D eigenvalue weighted by atomic mass is 9.63. The van der Waals surface area contributed by atoms with Crippen molar-refractivity contribution >= 4 is 26.8 Å². The maximum absolute atomic E-state index is 13.3. The van der Waals surface area contributed by atoms with Crippen LogP contribution in [0.4, 0.5) is 4.39 Å². The van der Waals surface area contributed by atoms with Crippen LogP contribution in [0.15, 0.2) is 53.4 Å². The fourth-order valence-electron chi connectivity index (χ4n) is 5.09. The van der Waals surface area contributed by atoms with Crippen LogP contribution < -0.4 is 10.5 Å².